The summed E-state index contributed by atoms with van der Waals surface area (Å²) < 4.78 is 2.42. The Labute approximate surface area is 173 Å². The molecular formula is C23H23N3O4. The van der Waals surface area contributed by atoms with Gasteiger partial charge < -0.3 is 5.11 Å². The summed E-state index contributed by atoms with van der Waals surface area (Å²) in [5.41, 5.74) is 2.02. The van der Waals surface area contributed by atoms with Crippen molar-refractivity contribution in [3.63, 3.8) is 0 Å². The molecule has 0 fully saturated rings. The summed E-state index contributed by atoms with van der Waals surface area (Å²) in [6, 6.07) is 14.2. The maximum atomic E-state index is 12.7. The molecule has 0 atom stereocenters. The number of rotatable bonds is 7. The quantitative estimate of drug-likeness (QED) is 0.606. The molecule has 30 heavy (non-hydrogen) atoms. The number of aromatic nitrogens is 3. The molecule has 0 saturated carbocycles. The van der Waals surface area contributed by atoms with E-state index in [9.17, 15) is 19.5 Å². The summed E-state index contributed by atoms with van der Waals surface area (Å²) in [5, 5.41) is 13.6. The summed E-state index contributed by atoms with van der Waals surface area (Å²) >= 11 is 0. The van der Waals surface area contributed by atoms with Crippen LogP contribution >= 0.6 is 0 Å². The van der Waals surface area contributed by atoms with E-state index in [0.717, 1.165) is 15.8 Å². The Morgan fingerprint density at radius 2 is 1.80 bits per heavy atom. The average Bonchev–Trinajstić information content (AvgIpc) is 3.07. The molecule has 1 aromatic heterocycles. The minimum Gasteiger partial charge on any atom is -0.478 e. The van der Waals surface area contributed by atoms with Crippen molar-refractivity contribution in [1.82, 2.24) is 14.3 Å². The number of carboxylic acids is 1. The van der Waals surface area contributed by atoms with E-state index in [4.69, 9.17) is 0 Å². The van der Waals surface area contributed by atoms with Gasteiger partial charge >= 0.3 is 11.7 Å². The lowest BCUT2D eigenvalue weighted by atomic mass is 9.99. The van der Waals surface area contributed by atoms with Gasteiger partial charge in [0, 0.05) is 12.8 Å². The summed E-state index contributed by atoms with van der Waals surface area (Å²) in [6.45, 7) is 3.83. The van der Waals surface area contributed by atoms with Gasteiger partial charge in [-0.2, -0.15) is 0 Å². The van der Waals surface area contributed by atoms with Gasteiger partial charge in [0.05, 0.1) is 12.1 Å². The van der Waals surface area contributed by atoms with Crippen LogP contribution in [0.25, 0.3) is 11.1 Å². The third-order valence-electron chi connectivity index (χ3n) is 4.78. The van der Waals surface area contributed by atoms with Gasteiger partial charge in [-0.1, -0.05) is 61.5 Å². The lowest BCUT2D eigenvalue weighted by Gasteiger charge is -2.08. The van der Waals surface area contributed by atoms with Crippen molar-refractivity contribution >= 4 is 11.9 Å². The van der Waals surface area contributed by atoms with Crippen molar-refractivity contribution in [1.29, 1.82) is 0 Å². The number of nitrogens with zero attached hydrogens (tertiary/aromatic N) is 3. The van der Waals surface area contributed by atoms with Gasteiger partial charge in [-0.15, -0.1) is 9.78 Å². The van der Waals surface area contributed by atoms with Crippen molar-refractivity contribution in [2.45, 2.75) is 33.2 Å². The molecule has 154 valence electrons. The predicted octanol–water partition coefficient (Wildman–Crippen LogP) is 3.63. The van der Waals surface area contributed by atoms with E-state index in [0.29, 0.717) is 17.8 Å². The Balaban J connectivity index is 1.94. The number of carbonyl (C=O) groups excluding carboxylic acids is 1. The highest BCUT2D eigenvalue weighted by Gasteiger charge is 2.17. The second-order valence-electron chi connectivity index (χ2n) is 6.76. The fourth-order valence-corrected chi connectivity index (χ4v) is 3.18. The first-order valence-electron chi connectivity index (χ1n) is 9.71. The normalized spacial score (nSPS) is 11.1. The molecular weight excluding hydrogens is 382 g/mol. The van der Waals surface area contributed by atoms with Crippen LogP contribution in [-0.2, 0) is 13.0 Å². The van der Waals surface area contributed by atoms with Crippen LogP contribution in [0.15, 0.2) is 65.5 Å². The van der Waals surface area contributed by atoms with Gasteiger partial charge in [-0.25, -0.2) is 9.59 Å². The number of carboxylic acid groups (broad SMARTS) is 1. The minimum atomic E-state index is -0.983. The highest BCUT2D eigenvalue weighted by Crippen LogP contribution is 2.24. The second kappa shape index (κ2) is 9.17. The molecule has 7 heteroatoms. The average molecular weight is 405 g/mol. The monoisotopic (exact) mass is 405 g/mol. The van der Waals surface area contributed by atoms with E-state index in [1.807, 2.05) is 43.3 Å². The van der Waals surface area contributed by atoms with E-state index in [1.165, 1.54) is 4.57 Å². The van der Waals surface area contributed by atoms with Crippen LogP contribution in [0.4, 0.5) is 0 Å². The molecule has 1 N–H and O–H groups in total. The number of benzene rings is 2. The molecule has 0 unspecified atom stereocenters. The molecule has 0 amide bonds. The maximum absolute atomic E-state index is 12.7. The van der Waals surface area contributed by atoms with Crippen LogP contribution in [-0.4, -0.2) is 31.3 Å². The first kappa shape index (κ1) is 21.0. The first-order valence-corrected chi connectivity index (χ1v) is 9.71. The van der Waals surface area contributed by atoms with Gasteiger partial charge in [-0.3, -0.25) is 9.36 Å². The van der Waals surface area contributed by atoms with Gasteiger partial charge in [0.2, 0.25) is 0 Å². The fourth-order valence-electron chi connectivity index (χ4n) is 3.18. The summed E-state index contributed by atoms with van der Waals surface area (Å²) in [6.07, 6.45) is 4.38. The SMILES string of the molecule is CC=CCc1nn(C(=O)CC)c(=O)n1Cc1ccc(-c2ccccc2C(=O)O)cc1. The molecule has 0 saturated heterocycles. The standard InChI is InChI=1S/C23H23N3O4/c1-3-5-10-20-24-26(21(27)4-2)23(30)25(20)15-16-11-13-17(14-12-16)18-8-6-7-9-19(18)22(28)29/h3,5-9,11-14H,4,10,15H2,1-2H3,(H,28,29). The van der Waals surface area contributed by atoms with Crippen molar-refractivity contribution < 1.29 is 14.7 Å². The van der Waals surface area contributed by atoms with Crippen molar-refractivity contribution in [3.8, 4) is 11.1 Å². The third kappa shape index (κ3) is 4.30. The highest BCUT2D eigenvalue weighted by atomic mass is 16.4. The smallest absolute Gasteiger partial charge is 0.353 e. The van der Waals surface area contributed by atoms with Crippen LogP contribution in [0.1, 0.15) is 46.8 Å². The molecule has 0 aliphatic carbocycles. The molecule has 0 bridgehead atoms. The van der Waals surface area contributed by atoms with Crippen molar-refractivity contribution in [3.05, 3.63) is 88.1 Å². The summed E-state index contributed by atoms with van der Waals surface area (Å²) in [7, 11) is 0. The van der Waals surface area contributed by atoms with E-state index in [-0.39, 0.29) is 24.4 Å². The van der Waals surface area contributed by atoms with Gasteiger partial charge in [0.15, 0.2) is 0 Å². The van der Waals surface area contributed by atoms with Crippen molar-refractivity contribution in [2.24, 2.45) is 0 Å². The van der Waals surface area contributed by atoms with Crippen LogP contribution < -0.4 is 5.69 Å². The number of hydrogen-bond acceptors (Lipinski definition) is 4. The Morgan fingerprint density at radius 3 is 2.43 bits per heavy atom. The van der Waals surface area contributed by atoms with Crippen molar-refractivity contribution in [2.75, 3.05) is 0 Å². The fraction of sp³-hybridized carbons (Fsp3) is 0.217. The highest BCUT2D eigenvalue weighted by molar-refractivity contribution is 5.95. The number of aromatic carboxylic acids is 1. The second-order valence-corrected chi connectivity index (χ2v) is 6.76. The lowest BCUT2D eigenvalue weighted by Crippen LogP contribution is -2.29. The molecule has 0 aliphatic rings. The molecule has 3 aromatic rings. The topological polar surface area (TPSA) is 94.2 Å². The number of hydrogen-bond donors (Lipinski definition) is 1. The Hall–Kier alpha value is -3.74. The zero-order valence-corrected chi connectivity index (χ0v) is 16.9. The molecule has 3 rings (SSSR count). The summed E-state index contributed by atoms with van der Waals surface area (Å²) in [5.74, 6) is -0.816. The largest absolute Gasteiger partial charge is 0.478 e. The van der Waals surface area contributed by atoms with Crippen LogP contribution in [0, 0.1) is 0 Å². The Morgan fingerprint density at radius 1 is 1.10 bits per heavy atom. The molecule has 2 aromatic carbocycles. The summed E-state index contributed by atoms with van der Waals surface area (Å²) in [4.78, 5) is 36.2. The van der Waals surface area contributed by atoms with Gasteiger partial charge in [0.25, 0.3) is 5.91 Å². The van der Waals surface area contributed by atoms with E-state index in [2.05, 4.69) is 5.10 Å². The number of carbonyl (C=O) groups is 2. The molecule has 7 nitrogen and oxygen atoms in total. The van der Waals surface area contributed by atoms with E-state index in [1.54, 1.807) is 31.2 Å². The zero-order valence-electron chi connectivity index (χ0n) is 16.9. The Kier molecular flexibility index (Phi) is 6.41. The lowest BCUT2D eigenvalue weighted by molar-refractivity contribution is 0.0697. The molecule has 0 radical (unpaired) electrons. The van der Waals surface area contributed by atoms with Crippen LogP contribution in [0.2, 0.25) is 0 Å². The van der Waals surface area contributed by atoms with Crippen LogP contribution in [0.5, 0.6) is 0 Å². The van der Waals surface area contributed by atoms with Gasteiger partial charge in [-0.05, 0) is 29.7 Å². The minimum absolute atomic E-state index is 0.192. The maximum Gasteiger partial charge on any atom is 0.353 e. The third-order valence-corrected chi connectivity index (χ3v) is 4.78. The van der Waals surface area contributed by atoms with Gasteiger partial charge in [0.1, 0.15) is 5.82 Å². The van der Waals surface area contributed by atoms with E-state index < -0.39 is 11.7 Å². The molecule has 0 spiro atoms. The van der Waals surface area contributed by atoms with Crippen LogP contribution in [0.3, 0.4) is 0 Å². The predicted molar refractivity (Wildman–Crippen MR) is 114 cm³/mol. The van der Waals surface area contributed by atoms with E-state index >= 15 is 0 Å². The molecule has 0 aliphatic heterocycles. The molecule has 1 heterocycles. The zero-order chi connectivity index (χ0) is 21.7. The Bertz CT molecular complexity index is 1150. The first-order chi connectivity index (χ1) is 14.5. The number of allylic oxidation sites excluding steroid dienone is 2.